The van der Waals surface area contributed by atoms with E-state index in [1.807, 2.05) is 6.92 Å². The van der Waals surface area contributed by atoms with Crippen molar-refractivity contribution in [1.82, 2.24) is 0 Å². The van der Waals surface area contributed by atoms with Crippen molar-refractivity contribution in [2.24, 2.45) is 40.4 Å². The highest BCUT2D eigenvalue weighted by molar-refractivity contribution is 5.80. The van der Waals surface area contributed by atoms with Crippen LogP contribution in [0.5, 0.6) is 0 Å². The average molecular weight is 347 g/mol. The molecule has 1 N–H and O–H groups in total. The minimum absolute atomic E-state index is 0.0514. The standard InChI is InChI=1S/C22H34O3/c1-13(23)17-7-8-18-16-6-5-14-11-15(24)9-10-20(14,2)19(16)22(4,25)12-21(17,18)3/h14,16-19,25H,5-12H2,1-4H3/t14-,16+,17+,18-,19+,20+,21-,22+/m1/s1. The van der Waals surface area contributed by atoms with E-state index in [9.17, 15) is 14.7 Å². The van der Waals surface area contributed by atoms with Gasteiger partial charge in [0.25, 0.3) is 0 Å². The quantitative estimate of drug-likeness (QED) is 0.775. The van der Waals surface area contributed by atoms with E-state index in [0.29, 0.717) is 42.2 Å². The van der Waals surface area contributed by atoms with Crippen LogP contribution >= 0.6 is 0 Å². The second kappa shape index (κ2) is 5.41. The number of hydrogen-bond acceptors (Lipinski definition) is 3. The number of Topliss-reactive ketones (excluding diaryl/α,β-unsaturated/α-hetero) is 2. The molecule has 0 saturated heterocycles. The van der Waals surface area contributed by atoms with Gasteiger partial charge in [0.2, 0.25) is 0 Å². The van der Waals surface area contributed by atoms with Crippen LogP contribution in [0.4, 0.5) is 0 Å². The Morgan fingerprint density at radius 3 is 2.48 bits per heavy atom. The fourth-order valence-corrected chi connectivity index (χ4v) is 8.49. The summed E-state index contributed by atoms with van der Waals surface area (Å²) in [6.45, 7) is 8.41. The van der Waals surface area contributed by atoms with Gasteiger partial charge >= 0.3 is 0 Å². The Kier molecular flexibility index (Phi) is 3.83. The van der Waals surface area contributed by atoms with Crippen molar-refractivity contribution >= 4 is 11.6 Å². The Morgan fingerprint density at radius 1 is 1.08 bits per heavy atom. The van der Waals surface area contributed by atoms with E-state index in [4.69, 9.17) is 0 Å². The minimum Gasteiger partial charge on any atom is -0.390 e. The highest BCUT2D eigenvalue weighted by Crippen LogP contribution is 2.69. The molecule has 4 fully saturated rings. The van der Waals surface area contributed by atoms with E-state index in [0.717, 1.165) is 38.5 Å². The maximum Gasteiger partial charge on any atom is 0.133 e. The average Bonchev–Trinajstić information content (AvgIpc) is 2.83. The summed E-state index contributed by atoms with van der Waals surface area (Å²) in [7, 11) is 0. The molecule has 4 aliphatic carbocycles. The lowest BCUT2D eigenvalue weighted by Gasteiger charge is -2.64. The molecule has 3 heteroatoms. The van der Waals surface area contributed by atoms with Crippen LogP contribution in [-0.2, 0) is 9.59 Å². The molecule has 0 aliphatic heterocycles. The predicted molar refractivity (Wildman–Crippen MR) is 96.9 cm³/mol. The van der Waals surface area contributed by atoms with Crippen LogP contribution in [0.1, 0.15) is 79.1 Å². The first kappa shape index (κ1) is 17.7. The van der Waals surface area contributed by atoms with Crippen molar-refractivity contribution in [3.63, 3.8) is 0 Å². The summed E-state index contributed by atoms with van der Waals surface area (Å²) >= 11 is 0. The topological polar surface area (TPSA) is 54.4 Å². The Labute approximate surface area is 151 Å². The Morgan fingerprint density at radius 2 is 1.80 bits per heavy atom. The zero-order chi connectivity index (χ0) is 18.2. The van der Waals surface area contributed by atoms with Gasteiger partial charge in [-0.1, -0.05) is 13.8 Å². The summed E-state index contributed by atoms with van der Waals surface area (Å²) in [4.78, 5) is 24.3. The van der Waals surface area contributed by atoms with Gasteiger partial charge in [0.1, 0.15) is 11.6 Å². The van der Waals surface area contributed by atoms with E-state index in [1.165, 1.54) is 0 Å². The van der Waals surface area contributed by atoms with E-state index < -0.39 is 5.60 Å². The molecule has 25 heavy (non-hydrogen) atoms. The van der Waals surface area contributed by atoms with Gasteiger partial charge in [-0.15, -0.1) is 0 Å². The number of rotatable bonds is 1. The minimum atomic E-state index is -0.734. The van der Waals surface area contributed by atoms with Crippen LogP contribution in [0.25, 0.3) is 0 Å². The third kappa shape index (κ3) is 2.33. The van der Waals surface area contributed by atoms with Gasteiger partial charge in [-0.25, -0.2) is 0 Å². The number of carbonyl (C=O) groups excluding carboxylic acids is 2. The van der Waals surface area contributed by atoms with Crippen molar-refractivity contribution in [2.45, 2.75) is 84.7 Å². The normalized spacial score (nSPS) is 55.2. The smallest absolute Gasteiger partial charge is 0.133 e. The molecule has 0 aromatic rings. The first-order valence-electron chi connectivity index (χ1n) is 10.3. The molecule has 0 unspecified atom stereocenters. The van der Waals surface area contributed by atoms with Crippen LogP contribution in [0.3, 0.4) is 0 Å². The van der Waals surface area contributed by atoms with Gasteiger partial charge < -0.3 is 5.11 Å². The van der Waals surface area contributed by atoms with Crippen molar-refractivity contribution in [2.75, 3.05) is 0 Å². The second-order valence-corrected chi connectivity index (χ2v) is 10.6. The Bertz CT molecular complexity index is 608. The van der Waals surface area contributed by atoms with Crippen molar-refractivity contribution in [3.8, 4) is 0 Å². The Hall–Kier alpha value is -0.700. The van der Waals surface area contributed by atoms with Crippen molar-refractivity contribution in [1.29, 1.82) is 0 Å². The summed E-state index contributed by atoms with van der Waals surface area (Å²) in [5.74, 6) is 2.62. The van der Waals surface area contributed by atoms with Gasteiger partial charge in [-0.05, 0) is 86.9 Å². The first-order chi connectivity index (χ1) is 11.6. The maximum atomic E-state index is 12.3. The third-order valence-corrected chi connectivity index (χ3v) is 9.16. The van der Waals surface area contributed by atoms with Crippen LogP contribution < -0.4 is 0 Å². The molecule has 3 nitrogen and oxygen atoms in total. The highest BCUT2D eigenvalue weighted by Gasteiger charge is 2.66. The molecule has 4 aliphatic rings. The summed E-state index contributed by atoms with van der Waals surface area (Å²) < 4.78 is 0. The molecule has 0 spiro atoms. The summed E-state index contributed by atoms with van der Waals surface area (Å²) in [5.41, 5.74) is -0.706. The highest BCUT2D eigenvalue weighted by atomic mass is 16.3. The monoisotopic (exact) mass is 346 g/mol. The van der Waals surface area contributed by atoms with Crippen LogP contribution in [0.15, 0.2) is 0 Å². The van der Waals surface area contributed by atoms with Crippen LogP contribution in [0, 0.1) is 40.4 Å². The molecule has 0 bridgehead atoms. The lowest BCUT2D eigenvalue weighted by Crippen LogP contribution is -2.63. The van der Waals surface area contributed by atoms with Gasteiger partial charge in [0, 0.05) is 18.8 Å². The molecular formula is C22H34O3. The lowest BCUT2D eigenvalue weighted by atomic mass is 9.41. The number of fused-ring (bicyclic) bond motifs is 5. The SMILES string of the molecule is CC(=O)[C@@H]1CC[C@@H]2[C@@H]3CC[C@@H]4CC(=O)CC[C@]4(C)[C@H]3[C@@](C)(O)C[C@@]21C. The maximum absolute atomic E-state index is 12.3. The lowest BCUT2D eigenvalue weighted by molar-refractivity contribution is -0.213. The summed E-state index contributed by atoms with van der Waals surface area (Å²) in [6.07, 6.45) is 7.46. The molecule has 0 aromatic carbocycles. The van der Waals surface area contributed by atoms with E-state index in [1.54, 1.807) is 6.92 Å². The fraction of sp³-hybridized carbons (Fsp3) is 0.909. The number of aliphatic hydroxyl groups is 1. The van der Waals surface area contributed by atoms with Gasteiger partial charge in [-0.2, -0.15) is 0 Å². The zero-order valence-electron chi connectivity index (χ0n) is 16.3. The number of hydrogen-bond donors (Lipinski definition) is 1. The van der Waals surface area contributed by atoms with E-state index >= 15 is 0 Å². The molecule has 0 aromatic heterocycles. The second-order valence-electron chi connectivity index (χ2n) is 10.6. The van der Waals surface area contributed by atoms with Gasteiger partial charge in [-0.3, -0.25) is 9.59 Å². The summed E-state index contributed by atoms with van der Waals surface area (Å²) in [5, 5.41) is 11.7. The van der Waals surface area contributed by atoms with E-state index in [2.05, 4.69) is 13.8 Å². The van der Waals surface area contributed by atoms with Gasteiger partial charge in [0.15, 0.2) is 0 Å². The van der Waals surface area contributed by atoms with Crippen LogP contribution in [-0.4, -0.2) is 22.3 Å². The molecule has 0 heterocycles. The molecule has 4 saturated carbocycles. The first-order valence-corrected chi connectivity index (χ1v) is 10.3. The fourth-order valence-electron chi connectivity index (χ4n) is 8.49. The van der Waals surface area contributed by atoms with Crippen molar-refractivity contribution in [3.05, 3.63) is 0 Å². The van der Waals surface area contributed by atoms with Crippen molar-refractivity contribution < 1.29 is 14.7 Å². The molecule has 0 radical (unpaired) electrons. The summed E-state index contributed by atoms with van der Waals surface area (Å²) in [6, 6.07) is 0. The van der Waals surface area contributed by atoms with Crippen LogP contribution in [0.2, 0.25) is 0 Å². The van der Waals surface area contributed by atoms with Gasteiger partial charge in [0.05, 0.1) is 5.60 Å². The molecule has 140 valence electrons. The number of ketones is 2. The number of carbonyl (C=O) groups is 2. The third-order valence-electron chi connectivity index (χ3n) is 9.16. The molecular weight excluding hydrogens is 312 g/mol. The Balaban J connectivity index is 1.74. The molecule has 8 atom stereocenters. The molecule has 4 rings (SSSR count). The zero-order valence-corrected chi connectivity index (χ0v) is 16.3. The largest absolute Gasteiger partial charge is 0.390 e. The predicted octanol–water partition coefficient (Wildman–Crippen LogP) is 4.16. The van der Waals surface area contributed by atoms with E-state index in [-0.39, 0.29) is 22.7 Å². The molecule has 0 amide bonds.